The van der Waals surface area contributed by atoms with Gasteiger partial charge in [-0.1, -0.05) is 0 Å². The molecular weight excluding hydrogens is 248 g/mol. The highest BCUT2D eigenvalue weighted by molar-refractivity contribution is 6.58. The highest BCUT2D eigenvalue weighted by Gasteiger charge is 2.33. The molecule has 2 rings (SSSR count). The molecule has 0 radical (unpaired) electrons. The minimum Gasteiger partial charge on any atom is -0.437 e. The van der Waals surface area contributed by atoms with Crippen molar-refractivity contribution in [2.75, 3.05) is 11.9 Å². The van der Waals surface area contributed by atoms with Gasteiger partial charge in [0.05, 0.1) is 17.4 Å². The maximum absolute atomic E-state index is 12.1. The van der Waals surface area contributed by atoms with Crippen LogP contribution in [0.25, 0.3) is 0 Å². The van der Waals surface area contributed by atoms with Gasteiger partial charge in [0, 0.05) is 25.1 Å². The molecule has 0 bridgehead atoms. The predicted molar refractivity (Wildman–Crippen MR) is 71.9 cm³/mol. The van der Waals surface area contributed by atoms with Crippen LogP contribution in [0.1, 0.15) is 5.69 Å². The van der Waals surface area contributed by atoms with E-state index in [1.807, 2.05) is 0 Å². The molecule has 0 unspecified atom stereocenters. The second kappa shape index (κ2) is 5.30. The van der Waals surface area contributed by atoms with Crippen molar-refractivity contribution in [2.24, 2.45) is 0 Å². The fourth-order valence-corrected chi connectivity index (χ4v) is 2.14. The van der Waals surface area contributed by atoms with E-state index in [9.17, 15) is 9.82 Å². The normalized spacial score (nSPS) is 18.3. The Morgan fingerprint density at radius 1 is 1.47 bits per heavy atom. The van der Waals surface area contributed by atoms with Gasteiger partial charge in [-0.15, -0.1) is 0 Å². The number of nitrogens with zero attached hydrogens (tertiary/aromatic N) is 2. The Labute approximate surface area is 111 Å². The summed E-state index contributed by atoms with van der Waals surface area (Å²) in [4.78, 5) is 17.7. The molecule has 0 aliphatic carbocycles. The van der Waals surface area contributed by atoms with Gasteiger partial charge in [0.15, 0.2) is 0 Å². The first-order chi connectivity index (χ1) is 8.90. The number of carbonyl (C=O) groups excluding carboxylic acids is 1. The van der Waals surface area contributed by atoms with E-state index in [2.05, 4.69) is 10.2 Å². The lowest BCUT2D eigenvalue weighted by molar-refractivity contribution is -0.120. The molecule has 0 saturated carbocycles. The third kappa shape index (κ3) is 2.79. The van der Waals surface area contributed by atoms with Gasteiger partial charge >= 0.3 is 14.2 Å². The Kier molecular flexibility index (Phi) is 3.91. The van der Waals surface area contributed by atoms with E-state index in [0.29, 0.717) is 17.8 Å². The molecule has 0 fully saturated rings. The fraction of sp³-hybridized carbons (Fsp3) is 0.400. The van der Waals surface area contributed by atoms with E-state index in [4.69, 9.17) is 10.0 Å². The smallest absolute Gasteiger partial charge is 0.437 e. The van der Waals surface area contributed by atoms with Crippen molar-refractivity contribution in [2.45, 2.75) is 19.3 Å². The Morgan fingerprint density at radius 3 is 2.74 bits per heavy atom. The summed E-state index contributed by atoms with van der Waals surface area (Å²) >= 11 is 0. The summed E-state index contributed by atoms with van der Waals surface area (Å²) in [5, 5.41) is 30.3. The SMILES string of the molecule is CB(O)N[C@@H]1Cc2ncc(B(O)O)cc2N(C)C1=O. The van der Waals surface area contributed by atoms with Crippen LogP contribution in [0.2, 0.25) is 6.82 Å². The molecule has 100 valence electrons. The lowest BCUT2D eigenvalue weighted by Crippen LogP contribution is -2.54. The molecule has 0 spiro atoms. The van der Waals surface area contributed by atoms with Crippen LogP contribution in [0, 0.1) is 0 Å². The lowest BCUT2D eigenvalue weighted by Gasteiger charge is -2.32. The third-order valence-corrected chi connectivity index (χ3v) is 3.10. The van der Waals surface area contributed by atoms with Gasteiger partial charge in [-0.25, -0.2) is 0 Å². The largest absolute Gasteiger partial charge is 0.490 e. The van der Waals surface area contributed by atoms with Crippen molar-refractivity contribution in [1.82, 2.24) is 10.2 Å². The van der Waals surface area contributed by atoms with Crippen molar-refractivity contribution >= 4 is 31.2 Å². The molecule has 2 heterocycles. The Hall–Kier alpha value is -1.41. The van der Waals surface area contributed by atoms with Crippen molar-refractivity contribution in [3.63, 3.8) is 0 Å². The summed E-state index contributed by atoms with van der Waals surface area (Å²) in [6.45, 7) is 1.54. The second-order valence-electron chi connectivity index (χ2n) is 4.60. The average molecular weight is 263 g/mol. The van der Waals surface area contributed by atoms with Crippen LogP contribution < -0.4 is 15.6 Å². The van der Waals surface area contributed by atoms with Gasteiger partial charge in [-0.05, 0) is 12.9 Å². The topological polar surface area (TPSA) is 106 Å². The van der Waals surface area contributed by atoms with Crippen LogP contribution in [0.4, 0.5) is 5.69 Å². The van der Waals surface area contributed by atoms with Crippen molar-refractivity contribution < 1.29 is 19.9 Å². The summed E-state index contributed by atoms with van der Waals surface area (Å²) in [5.74, 6) is -0.195. The van der Waals surface area contributed by atoms with Gasteiger partial charge in [-0.2, -0.15) is 0 Å². The van der Waals surface area contributed by atoms with E-state index in [0.717, 1.165) is 0 Å². The molecule has 1 aliphatic rings. The number of hydrogen-bond donors (Lipinski definition) is 4. The number of anilines is 1. The molecule has 9 heteroatoms. The minimum absolute atomic E-state index is 0.195. The molecule has 1 aromatic heterocycles. The summed E-state index contributed by atoms with van der Waals surface area (Å²) in [5.41, 5.74) is 1.46. The van der Waals surface area contributed by atoms with Crippen LogP contribution in [-0.2, 0) is 11.2 Å². The van der Waals surface area contributed by atoms with Crippen LogP contribution in [0.15, 0.2) is 12.3 Å². The number of aromatic nitrogens is 1. The molecule has 7 nitrogen and oxygen atoms in total. The molecule has 19 heavy (non-hydrogen) atoms. The quantitative estimate of drug-likeness (QED) is 0.444. The van der Waals surface area contributed by atoms with Gasteiger partial charge in [0.1, 0.15) is 0 Å². The standard InChI is InChI=1S/C10H15B2N3O4/c1-11(17)14-8-4-7-9(15(2)10(8)16)3-6(5-13-7)12(18)19/h3,5,8,14,17-19H,4H2,1-2H3/t8-/m1/s1. The Bertz CT molecular complexity index is 498. The number of hydrogen-bond acceptors (Lipinski definition) is 6. The van der Waals surface area contributed by atoms with Crippen LogP contribution in [-0.4, -0.2) is 53.2 Å². The van der Waals surface area contributed by atoms with Gasteiger partial charge in [0.2, 0.25) is 5.91 Å². The second-order valence-corrected chi connectivity index (χ2v) is 4.60. The monoisotopic (exact) mass is 263 g/mol. The number of carbonyl (C=O) groups is 1. The van der Waals surface area contributed by atoms with Crippen molar-refractivity contribution in [3.8, 4) is 0 Å². The van der Waals surface area contributed by atoms with Gasteiger partial charge in [-0.3, -0.25) is 9.78 Å². The molecule has 1 aromatic rings. The molecule has 1 atom stereocenters. The fourth-order valence-electron chi connectivity index (χ4n) is 2.14. The van der Waals surface area contributed by atoms with Crippen LogP contribution in [0.5, 0.6) is 0 Å². The molecule has 4 N–H and O–H groups in total. The zero-order chi connectivity index (χ0) is 14.2. The Morgan fingerprint density at radius 2 is 2.16 bits per heavy atom. The number of fused-ring (bicyclic) bond motifs is 1. The molecule has 0 aromatic carbocycles. The number of nitrogens with one attached hydrogen (secondary N) is 1. The molecule has 0 saturated heterocycles. The molecule has 1 aliphatic heterocycles. The molecular formula is C10H15B2N3O4. The summed E-state index contributed by atoms with van der Waals surface area (Å²) in [6.07, 6.45) is 1.72. The maximum atomic E-state index is 12.1. The maximum Gasteiger partial charge on any atom is 0.490 e. The van der Waals surface area contributed by atoms with Crippen molar-refractivity contribution in [1.29, 1.82) is 0 Å². The van der Waals surface area contributed by atoms with Crippen LogP contribution in [0.3, 0.4) is 0 Å². The van der Waals surface area contributed by atoms with Crippen molar-refractivity contribution in [3.05, 3.63) is 18.0 Å². The van der Waals surface area contributed by atoms with E-state index >= 15 is 0 Å². The zero-order valence-electron chi connectivity index (χ0n) is 10.7. The van der Waals surface area contributed by atoms with Crippen LogP contribution >= 0.6 is 0 Å². The zero-order valence-corrected chi connectivity index (χ0v) is 10.7. The van der Waals surface area contributed by atoms with E-state index in [1.165, 1.54) is 17.2 Å². The number of pyridine rings is 1. The first kappa shape index (κ1) is 14.0. The molecule has 1 amide bonds. The van der Waals surface area contributed by atoms with Gasteiger partial charge in [0.25, 0.3) is 0 Å². The van der Waals surface area contributed by atoms with E-state index in [-0.39, 0.29) is 11.4 Å². The average Bonchev–Trinajstić information content (AvgIpc) is 2.34. The first-order valence-corrected chi connectivity index (χ1v) is 5.96. The van der Waals surface area contributed by atoms with E-state index < -0.39 is 20.2 Å². The highest BCUT2D eigenvalue weighted by atomic mass is 16.4. The summed E-state index contributed by atoms with van der Waals surface area (Å²) < 4.78 is 0. The summed E-state index contributed by atoms with van der Waals surface area (Å²) in [6, 6.07) is 0.999. The third-order valence-electron chi connectivity index (χ3n) is 3.10. The lowest BCUT2D eigenvalue weighted by atomic mass is 9.80. The van der Waals surface area contributed by atoms with E-state index in [1.54, 1.807) is 13.9 Å². The number of likely N-dealkylation sites (N-methyl/N-ethyl adjacent to an activating group) is 1. The Balaban J connectivity index is 2.33. The number of rotatable bonds is 3. The number of amides is 1. The highest BCUT2D eigenvalue weighted by Crippen LogP contribution is 2.24. The first-order valence-electron chi connectivity index (χ1n) is 5.96. The summed E-state index contributed by atoms with van der Waals surface area (Å²) in [7, 11) is -0.816. The predicted octanol–water partition coefficient (Wildman–Crippen LogP) is -2.65. The van der Waals surface area contributed by atoms with Gasteiger partial charge < -0.3 is 25.2 Å². The minimum atomic E-state index is -1.62.